The summed E-state index contributed by atoms with van der Waals surface area (Å²) in [7, 11) is 0. The second kappa shape index (κ2) is 8.39. The van der Waals surface area contributed by atoms with E-state index in [4.69, 9.17) is 11.6 Å². The van der Waals surface area contributed by atoms with Gasteiger partial charge >= 0.3 is 0 Å². The van der Waals surface area contributed by atoms with Crippen LogP contribution in [0.5, 0.6) is 0 Å². The van der Waals surface area contributed by atoms with Crippen LogP contribution in [0.4, 0.5) is 0 Å². The van der Waals surface area contributed by atoms with Crippen molar-refractivity contribution in [3.63, 3.8) is 0 Å². The number of carbonyl (C=O) groups excluding carboxylic acids is 2. The minimum Gasteiger partial charge on any atom is -0.368 e. The Hall–Kier alpha value is -1.92. The van der Waals surface area contributed by atoms with Gasteiger partial charge in [-0.05, 0) is 11.5 Å². The molecule has 0 spiro atoms. The Morgan fingerprint density at radius 3 is 2.33 bits per heavy atom. The molecule has 0 saturated heterocycles. The van der Waals surface area contributed by atoms with Crippen LogP contribution in [0.25, 0.3) is 0 Å². The van der Waals surface area contributed by atoms with Gasteiger partial charge in [-0.25, -0.2) is 5.43 Å². The number of hydrazine groups is 1. The quantitative estimate of drug-likeness (QED) is 0.401. The van der Waals surface area contributed by atoms with E-state index in [2.05, 4.69) is 10.7 Å². The molecular weight excluding hydrogens is 268 g/mol. The molecule has 0 bridgehead atoms. The summed E-state index contributed by atoms with van der Waals surface area (Å²) in [5, 5.41) is 2.68. The summed E-state index contributed by atoms with van der Waals surface area (Å²) in [6, 6.07) is 8.10. The summed E-state index contributed by atoms with van der Waals surface area (Å²) < 4.78 is 0. The third kappa shape index (κ3) is 5.17. The van der Waals surface area contributed by atoms with Crippen LogP contribution in [0.1, 0.15) is 25.8 Å². The van der Waals surface area contributed by atoms with E-state index in [0.29, 0.717) is 6.42 Å². The highest BCUT2D eigenvalue weighted by Crippen LogP contribution is 2.08. The van der Waals surface area contributed by atoms with Gasteiger partial charge in [-0.1, -0.05) is 50.6 Å². The van der Waals surface area contributed by atoms with Crippen LogP contribution in [0, 0.1) is 5.92 Å². The first-order valence-electron chi connectivity index (χ1n) is 7.09. The van der Waals surface area contributed by atoms with E-state index in [1.807, 2.05) is 44.2 Å². The number of rotatable bonds is 8. The Kier molecular flexibility index (Phi) is 6.84. The van der Waals surface area contributed by atoms with Crippen LogP contribution >= 0.6 is 0 Å². The molecule has 2 amide bonds. The maximum atomic E-state index is 12.2. The van der Waals surface area contributed by atoms with Crippen LogP contribution in [-0.2, 0) is 16.0 Å². The number of amides is 2. The van der Waals surface area contributed by atoms with E-state index in [9.17, 15) is 9.59 Å². The van der Waals surface area contributed by atoms with Gasteiger partial charge < -0.3 is 11.1 Å². The van der Waals surface area contributed by atoms with Gasteiger partial charge in [0.25, 0.3) is 0 Å². The van der Waals surface area contributed by atoms with Crippen molar-refractivity contribution in [1.29, 1.82) is 0 Å². The molecule has 6 heteroatoms. The summed E-state index contributed by atoms with van der Waals surface area (Å²) in [5.41, 5.74) is 8.81. The summed E-state index contributed by atoms with van der Waals surface area (Å²) in [6.07, 6.45) is 1.15. The maximum absolute atomic E-state index is 12.2. The molecule has 0 unspecified atom stereocenters. The van der Waals surface area contributed by atoms with Crippen molar-refractivity contribution in [2.24, 2.45) is 17.5 Å². The van der Waals surface area contributed by atoms with Crippen molar-refractivity contribution in [2.75, 3.05) is 0 Å². The molecule has 0 radical (unpaired) electrons. The normalized spacial score (nSPS) is 15.0. The summed E-state index contributed by atoms with van der Waals surface area (Å²) in [4.78, 5) is 23.8. The standard InChI is InChI=1S/C15H24N4O2/c1-3-10(2)13(19-17)15(21)18-12(14(16)20)9-11-7-5-4-6-8-11/h4-8,10,12-13,19H,3,9,17H2,1-2H3,(H2,16,20)(H,18,21)/t10-,12-,13-/m0/s1. The maximum Gasteiger partial charge on any atom is 0.240 e. The van der Waals surface area contributed by atoms with Gasteiger partial charge in [-0.3, -0.25) is 15.4 Å². The number of nitrogens with two attached hydrogens (primary N) is 2. The number of hydrogen-bond acceptors (Lipinski definition) is 4. The van der Waals surface area contributed by atoms with Crippen LogP contribution in [0.3, 0.4) is 0 Å². The Morgan fingerprint density at radius 2 is 1.86 bits per heavy atom. The molecule has 0 saturated carbocycles. The lowest BCUT2D eigenvalue weighted by Gasteiger charge is -2.24. The fraction of sp³-hybridized carbons (Fsp3) is 0.467. The number of benzene rings is 1. The molecule has 1 aromatic carbocycles. The summed E-state index contributed by atoms with van der Waals surface area (Å²) >= 11 is 0. The lowest BCUT2D eigenvalue weighted by atomic mass is 9.98. The Bertz CT molecular complexity index is 464. The monoisotopic (exact) mass is 292 g/mol. The van der Waals surface area contributed by atoms with Crippen molar-refractivity contribution in [1.82, 2.24) is 10.7 Å². The number of hydrogen-bond donors (Lipinski definition) is 4. The third-order valence-corrected chi connectivity index (χ3v) is 3.62. The van der Waals surface area contributed by atoms with Crippen molar-refractivity contribution in [3.8, 4) is 0 Å². The average Bonchev–Trinajstić information content (AvgIpc) is 2.48. The van der Waals surface area contributed by atoms with Gasteiger partial charge in [0.1, 0.15) is 12.1 Å². The smallest absolute Gasteiger partial charge is 0.240 e. The zero-order valence-electron chi connectivity index (χ0n) is 12.5. The molecule has 21 heavy (non-hydrogen) atoms. The molecule has 0 aromatic heterocycles. The van der Waals surface area contributed by atoms with Crippen molar-refractivity contribution < 1.29 is 9.59 Å². The van der Waals surface area contributed by atoms with E-state index in [1.54, 1.807) is 0 Å². The van der Waals surface area contributed by atoms with Gasteiger partial charge in [0.15, 0.2) is 0 Å². The van der Waals surface area contributed by atoms with Crippen molar-refractivity contribution in [3.05, 3.63) is 35.9 Å². The first-order valence-corrected chi connectivity index (χ1v) is 7.09. The zero-order chi connectivity index (χ0) is 15.8. The van der Waals surface area contributed by atoms with Gasteiger partial charge in [0.2, 0.25) is 11.8 Å². The molecule has 0 aliphatic carbocycles. The van der Waals surface area contributed by atoms with Crippen LogP contribution in [0.2, 0.25) is 0 Å². The first-order chi connectivity index (χ1) is 9.99. The minimum absolute atomic E-state index is 0.0558. The fourth-order valence-electron chi connectivity index (χ4n) is 2.07. The zero-order valence-corrected chi connectivity index (χ0v) is 12.5. The van der Waals surface area contributed by atoms with Crippen molar-refractivity contribution in [2.45, 2.75) is 38.8 Å². The molecule has 6 nitrogen and oxygen atoms in total. The fourth-order valence-corrected chi connectivity index (χ4v) is 2.07. The van der Waals surface area contributed by atoms with Crippen LogP contribution in [-0.4, -0.2) is 23.9 Å². The molecule has 1 aromatic rings. The molecule has 1 rings (SSSR count). The topological polar surface area (TPSA) is 110 Å². The summed E-state index contributed by atoms with van der Waals surface area (Å²) in [6.45, 7) is 3.89. The molecule has 0 aliphatic heterocycles. The van der Waals surface area contributed by atoms with Crippen molar-refractivity contribution >= 4 is 11.8 Å². The van der Waals surface area contributed by atoms with Crippen LogP contribution < -0.4 is 22.3 Å². The lowest BCUT2D eigenvalue weighted by molar-refractivity contribution is -0.129. The second-order valence-corrected chi connectivity index (χ2v) is 5.18. The van der Waals surface area contributed by atoms with E-state index >= 15 is 0 Å². The average molecular weight is 292 g/mol. The SMILES string of the molecule is CC[C@H](C)[C@H](NN)C(=O)N[C@@H](Cc1ccccc1)C(N)=O. The van der Waals surface area contributed by atoms with Crippen LogP contribution in [0.15, 0.2) is 30.3 Å². The molecule has 6 N–H and O–H groups in total. The largest absolute Gasteiger partial charge is 0.368 e. The number of nitrogens with one attached hydrogen (secondary N) is 2. The Labute approximate surface area is 125 Å². The predicted octanol–water partition coefficient (Wildman–Crippen LogP) is 0.0772. The minimum atomic E-state index is -0.750. The molecular formula is C15H24N4O2. The molecule has 0 heterocycles. The van der Waals surface area contributed by atoms with Gasteiger partial charge in [0, 0.05) is 6.42 Å². The Balaban J connectivity index is 2.74. The first kappa shape index (κ1) is 17.1. The van der Waals surface area contributed by atoms with E-state index in [1.165, 1.54) is 0 Å². The predicted molar refractivity (Wildman–Crippen MR) is 81.8 cm³/mol. The highest BCUT2D eigenvalue weighted by molar-refractivity contribution is 5.89. The molecule has 0 aliphatic rings. The molecule has 0 fully saturated rings. The van der Waals surface area contributed by atoms with E-state index in [-0.39, 0.29) is 11.8 Å². The van der Waals surface area contributed by atoms with E-state index < -0.39 is 18.0 Å². The van der Waals surface area contributed by atoms with E-state index in [0.717, 1.165) is 12.0 Å². The molecule has 3 atom stereocenters. The highest BCUT2D eigenvalue weighted by Gasteiger charge is 2.26. The number of carbonyl (C=O) groups is 2. The van der Waals surface area contributed by atoms with Gasteiger partial charge in [-0.15, -0.1) is 0 Å². The third-order valence-electron chi connectivity index (χ3n) is 3.62. The highest BCUT2D eigenvalue weighted by atomic mass is 16.2. The Morgan fingerprint density at radius 1 is 1.24 bits per heavy atom. The van der Waals surface area contributed by atoms with Gasteiger partial charge in [-0.2, -0.15) is 0 Å². The number of primary amides is 1. The summed E-state index contributed by atoms with van der Waals surface area (Å²) in [5.74, 6) is 4.61. The molecule has 116 valence electrons. The lowest BCUT2D eigenvalue weighted by Crippen LogP contribution is -2.56. The van der Waals surface area contributed by atoms with Gasteiger partial charge in [0.05, 0.1) is 0 Å². The second-order valence-electron chi connectivity index (χ2n) is 5.18.